The van der Waals surface area contributed by atoms with Gasteiger partial charge in [0.15, 0.2) is 5.58 Å². The van der Waals surface area contributed by atoms with Gasteiger partial charge in [0.05, 0.1) is 11.4 Å². The summed E-state index contributed by atoms with van der Waals surface area (Å²) in [6.07, 6.45) is 1.85. The standard InChI is InChI=1S/C61H49NO2/c1-37(2)52-35-40(29-30-42(39-17-7-5-8-18-39)48-23-15-24-49-44-21-11-13-27-56(44)63-60(48)49)43-31-32-47-53(38(3)4)36-55(51-34-33-46(52)58(43)59(47)51)62(41-19-9-6-10-20-41)54-26-16-25-50-45-22-12-14-28-57(45)64-61(50)54/h5-28,31-38,42H,29-30H2,1-4H3. The van der Waals surface area contributed by atoms with Crippen LogP contribution in [0.15, 0.2) is 191 Å². The lowest BCUT2D eigenvalue weighted by atomic mass is 9.81. The number of anilines is 3. The number of para-hydroxylation sites is 5. The fourth-order valence-corrected chi connectivity index (χ4v) is 10.9. The second-order valence-corrected chi connectivity index (χ2v) is 18.2. The predicted molar refractivity (Wildman–Crippen MR) is 271 cm³/mol. The largest absolute Gasteiger partial charge is 0.456 e. The Hall–Kier alpha value is -7.36. The normalized spacial score (nSPS) is 12.7. The van der Waals surface area contributed by atoms with E-state index in [1.165, 1.54) is 70.9 Å². The van der Waals surface area contributed by atoms with Gasteiger partial charge in [0, 0.05) is 44.1 Å². The van der Waals surface area contributed by atoms with Crippen molar-refractivity contribution in [2.45, 2.75) is 58.3 Å². The second-order valence-electron chi connectivity index (χ2n) is 18.2. The van der Waals surface area contributed by atoms with Crippen molar-refractivity contribution < 1.29 is 8.83 Å². The van der Waals surface area contributed by atoms with Gasteiger partial charge in [-0.3, -0.25) is 0 Å². The van der Waals surface area contributed by atoms with E-state index in [9.17, 15) is 0 Å². The zero-order valence-corrected chi connectivity index (χ0v) is 36.7. The number of benzene rings is 10. The topological polar surface area (TPSA) is 29.5 Å². The van der Waals surface area contributed by atoms with Gasteiger partial charge in [-0.25, -0.2) is 0 Å². The van der Waals surface area contributed by atoms with Crippen LogP contribution in [0.25, 0.3) is 76.2 Å². The Morgan fingerprint density at radius 2 is 0.938 bits per heavy atom. The number of rotatable bonds is 10. The molecule has 0 fully saturated rings. The van der Waals surface area contributed by atoms with Gasteiger partial charge in [-0.05, 0) is 110 Å². The molecule has 3 heteroatoms. The summed E-state index contributed by atoms with van der Waals surface area (Å²) in [4.78, 5) is 2.44. The summed E-state index contributed by atoms with van der Waals surface area (Å²) in [5.74, 6) is 0.777. The van der Waals surface area contributed by atoms with E-state index in [-0.39, 0.29) is 5.92 Å². The van der Waals surface area contributed by atoms with Crippen molar-refractivity contribution in [3.63, 3.8) is 0 Å². The lowest BCUT2D eigenvalue weighted by Crippen LogP contribution is -2.12. The molecule has 1 atom stereocenters. The van der Waals surface area contributed by atoms with E-state index in [4.69, 9.17) is 8.83 Å². The molecular weight excluding hydrogens is 779 g/mol. The number of hydrogen-bond acceptors (Lipinski definition) is 3. The third kappa shape index (κ3) is 6.02. The summed E-state index contributed by atoms with van der Waals surface area (Å²) >= 11 is 0. The average molecular weight is 828 g/mol. The smallest absolute Gasteiger partial charge is 0.159 e. The van der Waals surface area contributed by atoms with E-state index in [0.717, 1.165) is 63.0 Å². The number of hydrogen-bond donors (Lipinski definition) is 0. The highest BCUT2D eigenvalue weighted by Gasteiger charge is 2.27. The molecule has 0 aliphatic heterocycles. The first-order valence-electron chi connectivity index (χ1n) is 22.9. The maximum atomic E-state index is 6.77. The van der Waals surface area contributed by atoms with Crippen molar-refractivity contribution in [3.8, 4) is 0 Å². The lowest BCUT2D eigenvalue weighted by Gasteiger charge is -2.30. The number of nitrogens with zero attached hydrogens (tertiary/aromatic N) is 1. The Bertz CT molecular complexity index is 3690. The van der Waals surface area contributed by atoms with Gasteiger partial charge in [-0.2, -0.15) is 0 Å². The molecule has 0 amide bonds. The molecule has 0 spiro atoms. The SMILES string of the molecule is CC(C)c1cc(CCC(c2ccccc2)c2cccc3c2oc2ccccc23)c2ccc3c(C(C)C)cc(N(c4ccccc4)c4cccc5c4oc4ccccc45)c4ccc1c2c34. The average Bonchev–Trinajstić information content (AvgIpc) is 3.91. The summed E-state index contributed by atoms with van der Waals surface area (Å²) in [6, 6.07) is 66.6. The maximum Gasteiger partial charge on any atom is 0.159 e. The monoisotopic (exact) mass is 827 g/mol. The molecule has 12 rings (SSSR count). The first-order chi connectivity index (χ1) is 31.4. The molecular formula is C61H49NO2. The van der Waals surface area contributed by atoms with Crippen LogP contribution in [-0.2, 0) is 6.42 Å². The summed E-state index contributed by atoms with van der Waals surface area (Å²) < 4.78 is 13.5. The van der Waals surface area contributed by atoms with Crippen molar-refractivity contribution in [2.75, 3.05) is 4.90 Å². The van der Waals surface area contributed by atoms with Crippen LogP contribution in [0.5, 0.6) is 0 Å². The molecule has 1 unspecified atom stereocenters. The zero-order valence-electron chi connectivity index (χ0n) is 36.7. The van der Waals surface area contributed by atoms with E-state index in [1.54, 1.807) is 0 Å². The minimum Gasteiger partial charge on any atom is -0.456 e. The molecule has 0 aliphatic carbocycles. The van der Waals surface area contributed by atoms with Gasteiger partial charge < -0.3 is 13.7 Å². The van der Waals surface area contributed by atoms with Crippen LogP contribution < -0.4 is 4.90 Å². The fourth-order valence-electron chi connectivity index (χ4n) is 10.9. The van der Waals surface area contributed by atoms with Gasteiger partial charge >= 0.3 is 0 Å². The summed E-state index contributed by atoms with van der Waals surface area (Å²) in [6.45, 7) is 9.36. The highest BCUT2D eigenvalue weighted by Crippen LogP contribution is 2.50. The van der Waals surface area contributed by atoms with Crippen LogP contribution in [0.3, 0.4) is 0 Å². The van der Waals surface area contributed by atoms with Crippen LogP contribution in [0, 0.1) is 0 Å². The van der Waals surface area contributed by atoms with Crippen LogP contribution in [0.1, 0.15) is 79.7 Å². The number of fused-ring (bicyclic) bond motifs is 6. The van der Waals surface area contributed by atoms with Gasteiger partial charge in [0.25, 0.3) is 0 Å². The molecule has 0 bridgehead atoms. The molecule has 2 aromatic heterocycles. The molecule has 10 aromatic carbocycles. The summed E-state index contributed by atoms with van der Waals surface area (Å²) in [7, 11) is 0. The number of aryl methyl sites for hydroxylation is 1. The van der Waals surface area contributed by atoms with E-state index >= 15 is 0 Å². The number of furan rings is 2. The first kappa shape index (κ1) is 38.3. The quantitative estimate of drug-likeness (QED) is 0.129. The molecule has 2 heterocycles. The van der Waals surface area contributed by atoms with Crippen molar-refractivity contribution in [2.24, 2.45) is 0 Å². The molecule has 12 aromatic rings. The van der Waals surface area contributed by atoms with E-state index in [0.29, 0.717) is 11.8 Å². The molecule has 0 N–H and O–H groups in total. The van der Waals surface area contributed by atoms with E-state index < -0.39 is 0 Å². The molecule has 0 aliphatic rings. The Morgan fingerprint density at radius 3 is 1.62 bits per heavy atom. The van der Waals surface area contributed by atoms with E-state index in [2.05, 4.69) is 215 Å². The maximum absolute atomic E-state index is 6.77. The minimum atomic E-state index is 0.144. The highest BCUT2D eigenvalue weighted by atomic mass is 16.3. The van der Waals surface area contributed by atoms with Gasteiger partial charge in [0.2, 0.25) is 0 Å². The molecule has 0 saturated carbocycles. The minimum absolute atomic E-state index is 0.144. The summed E-state index contributed by atoms with van der Waals surface area (Å²) in [5.41, 5.74) is 13.7. The van der Waals surface area contributed by atoms with Gasteiger partial charge in [0.1, 0.15) is 16.7 Å². The van der Waals surface area contributed by atoms with Crippen molar-refractivity contribution in [3.05, 3.63) is 210 Å². The van der Waals surface area contributed by atoms with Crippen LogP contribution in [-0.4, -0.2) is 0 Å². The van der Waals surface area contributed by atoms with Gasteiger partial charge in [-0.1, -0.05) is 173 Å². The van der Waals surface area contributed by atoms with E-state index in [1.807, 2.05) is 0 Å². The predicted octanol–water partition coefficient (Wildman–Crippen LogP) is 17.9. The lowest BCUT2D eigenvalue weighted by molar-refractivity contribution is 0.645. The van der Waals surface area contributed by atoms with Gasteiger partial charge in [-0.15, -0.1) is 0 Å². The van der Waals surface area contributed by atoms with Crippen LogP contribution in [0.2, 0.25) is 0 Å². The van der Waals surface area contributed by atoms with Crippen molar-refractivity contribution >= 4 is 93.3 Å². The molecule has 0 saturated heterocycles. The first-order valence-corrected chi connectivity index (χ1v) is 22.9. The third-order valence-electron chi connectivity index (χ3n) is 13.9. The van der Waals surface area contributed by atoms with Crippen LogP contribution in [0.4, 0.5) is 17.1 Å². The Morgan fingerprint density at radius 1 is 0.406 bits per heavy atom. The highest BCUT2D eigenvalue weighted by molar-refractivity contribution is 6.28. The Labute approximate surface area is 373 Å². The Kier molecular flexibility index (Phi) is 9.08. The zero-order chi connectivity index (χ0) is 43.1. The molecule has 64 heavy (non-hydrogen) atoms. The second kappa shape index (κ2) is 15.2. The molecule has 0 radical (unpaired) electrons. The third-order valence-corrected chi connectivity index (χ3v) is 13.9. The molecule has 310 valence electrons. The fraction of sp³-hybridized carbons (Fsp3) is 0.148. The Balaban J connectivity index is 1.08. The molecule has 3 nitrogen and oxygen atoms in total. The van der Waals surface area contributed by atoms with Crippen molar-refractivity contribution in [1.82, 2.24) is 0 Å². The summed E-state index contributed by atoms with van der Waals surface area (Å²) in [5, 5.41) is 12.5. The van der Waals surface area contributed by atoms with Crippen molar-refractivity contribution in [1.29, 1.82) is 0 Å². The van der Waals surface area contributed by atoms with Crippen LogP contribution >= 0.6 is 0 Å².